The van der Waals surface area contributed by atoms with Crippen molar-refractivity contribution in [2.45, 2.75) is 26.4 Å². The Bertz CT molecular complexity index is 1560. The van der Waals surface area contributed by atoms with E-state index in [0.717, 1.165) is 28.9 Å². The van der Waals surface area contributed by atoms with Crippen LogP contribution in [-0.2, 0) is 26.6 Å². The van der Waals surface area contributed by atoms with Crippen molar-refractivity contribution in [1.82, 2.24) is 44.1 Å². The average Bonchev–Trinajstić information content (AvgIpc) is 3.46. The van der Waals surface area contributed by atoms with Gasteiger partial charge in [0, 0.05) is 52.4 Å². The van der Waals surface area contributed by atoms with Gasteiger partial charge in [0.2, 0.25) is 11.8 Å². The average molecular weight is 516 g/mol. The van der Waals surface area contributed by atoms with E-state index in [0.29, 0.717) is 68.3 Å². The lowest BCUT2D eigenvalue weighted by Gasteiger charge is -2.28. The van der Waals surface area contributed by atoms with E-state index in [-0.39, 0.29) is 11.8 Å². The maximum atomic E-state index is 12.9. The highest BCUT2D eigenvalue weighted by Gasteiger charge is 2.27. The number of likely N-dealkylation sites (N-methyl/N-ethyl adjacent to an activating group) is 1. The van der Waals surface area contributed by atoms with E-state index in [9.17, 15) is 9.59 Å². The molecule has 0 radical (unpaired) electrons. The lowest BCUT2D eigenvalue weighted by Crippen LogP contribution is -2.40. The topological polar surface area (TPSA) is 139 Å². The van der Waals surface area contributed by atoms with Gasteiger partial charge in [-0.1, -0.05) is 18.2 Å². The van der Waals surface area contributed by atoms with Crippen LogP contribution in [0.3, 0.4) is 0 Å². The van der Waals surface area contributed by atoms with Gasteiger partial charge >= 0.3 is 0 Å². The molecular formula is C25H29N11O2. The third-order valence-corrected chi connectivity index (χ3v) is 7.24. The van der Waals surface area contributed by atoms with Gasteiger partial charge in [-0.3, -0.25) is 9.59 Å². The minimum atomic E-state index is -0.140. The van der Waals surface area contributed by atoms with Crippen molar-refractivity contribution in [2.75, 3.05) is 43.9 Å². The van der Waals surface area contributed by atoms with Gasteiger partial charge in [0.25, 0.3) is 11.8 Å². The van der Waals surface area contributed by atoms with Crippen LogP contribution in [-0.4, -0.2) is 89.1 Å². The van der Waals surface area contributed by atoms with Gasteiger partial charge in [-0.15, -0.1) is 10.2 Å². The predicted octanol–water partition coefficient (Wildman–Crippen LogP) is 1.07. The maximum Gasteiger partial charge on any atom is 0.291 e. The Morgan fingerprint density at radius 3 is 2.66 bits per heavy atom. The highest BCUT2D eigenvalue weighted by molar-refractivity contribution is 5.96. The molecule has 0 atom stereocenters. The molecular weight excluding hydrogens is 486 g/mol. The number of anilines is 2. The third-order valence-electron chi connectivity index (χ3n) is 7.24. The molecule has 196 valence electrons. The summed E-state index contributed by atoms with van der Waals surface area (Å²) in [6.45, 7) is 5.22. The number of nitrogens with zero attached hydrogens (tertiary/aromatic N) is 9. The molecule has 0 aliphatic carbocycles. The van der Waals surface area contributed by atoms with Crippen LogP contribution in [0.1, 0.15) is 38.2 Å². The zero-order valence-electron chi connectivity index (χ0n) is 21.6. The molecule has 2 aliphatic heterocycles. The summed E-state index contributed by atoms with van der Waals surface area (Å²) in [6.07, 6.45) is 0.850. The number of hydrogen-bond acceptors (Lipinski definition) is 9. The molecule has 13 heteroatoms. The van der Waals surface area contributed by atoms with Gasteiger partial charge in [0.05, 0.1) is 6.54 Å². The van der Waals surface area contributed by atoms with E-state index < -0.39 is 0 Å². The molecule has 0 spiro atoms. The molecule has 3 aromatic heterocycles. The van der Waals surface area contributed by atoms with Crippen molar-refractivity contribution in [3.8, 4) is 0 Å². The molecule has 0 unspecified atom stereocenters. The predicted molar refractivity (Wildman–Crippen MR) is 140 cm³/mol. The molecule has 0 saturated heterocycles. The van der Waals surface area contributed by atoms with Crippen LogP contribution in [0.2, 0.25) is 0 Å². The first-order valence-corrected chi connectivity index (χ1v) is 12.6. The summed E-state index contributed by atoms with van der Waals surface area (Å²) in [5, 5.41) is 14.9. The van der Waals surface area contributed by atoms with E-state index in [1.807, 2.05) is 52.3 Å². The third kappa shape index (κ3) is 4.09. The van der Waals surface area contributed by atoms with Gasteiger partial charge < -0.3 is 29.6 Å². The fourth-order valence-corrected chi connectivity index (χ4v) is 4.96. The largest absolute Gasteiger partial charge is 0.366 e. The summed E-state index contributed by atoms with van der Waals surface area (Å²) < 4.78 is 3.77. The standard InChI is InChI=1S/C25H29N11O2/c1-15-28-21-19(34(15)3)20(26-9-11-35-10-8-16-6-4-5-7-17(16)23(35)37)29-25(30-21)27-14-18-31-32-22-24(38)33(2)12-13-36(18)22/h4-7H,8-14H2,1-3H3,(H2,26,27,29,30). The zero-order chi connectivity index (χ0) is 26.4. The van der Waals surface area contributed by atoms with Crippen molar-refractivity contribution >= 4 is 34.7 Å². The number of imidazole rings is 1. The quantitative estimate of drug-likeness (QED) is 0.370. The molecule has 38 heavy (non-hydrogen) atoms. The number of aromatic nitrogens is 7. The molecule has 6 rings (SSSR count). The van der Waals surface area contributed by atoms with Gasteiger partial charge in [-0.2, -0.15) is 9.97 Å². The number of benzene rings is 1. The second kappa shape index (κ2) is 9.39. The van der Waals surface area contributed by atoms with Gasteiger partial charge in [-0.25, -0.2) is 4.98 Å². The van der Waals surface area contributed by atoms with Crippen molar-refractivity contribution in [3.63, 3.8) is 0 Å². The monoisotopic (exact) mass is 515 g/mol. The van der Waals surface area contributed by atoms with Crippen LogP contribution in [0.5, 0.6) is 0 Å². The first kappa shape index (κ1) is 23.8. The van der Waals surface area contributed by atoms with Crippen LogP contribution in [0.25, 0.3) is 11.2 Å². The smallest absolute Gasteiger partial charge is 0.291 e. The molecule has 4 aromatic rings. The molecule has 2 aliphatic rings. The van der Waals surface area contributed by atoms with Gasteiger partial charge in [-0.05, 0) is 25.0 Å². The molecule has 2 N–H and O–H groups in total. The van der Waals surface area contributed by atoms with E-state index in [1.165, 1.54) is 0 Å². The highest BCUT2D eigenvalue weighted by atomic mass is 16.2. The molecule has 0 bridgehead atoms. The van der Waals surface area contributed by atoms with Crippen LogP contribution >= 0.6 is 0 Å². The molecule has 0 fully saturated rings. The summed E-state index contributed by atoms with van der Waals surface area (Å²) in [4.78, 5) is 42.7. The Balaban J connectivity index is 1.19. The minimum Gasteiger partial charge on any atom is -0.366 e. The Labute approximate surface area is 218 Å². The zero-order valence-corrected chi connectivity index (χ0v) is 21.6. The lowest BCUT2D eigenvalue weighted by atomic mass is 9.99. The molecule has 13 nitrogen and oxygen atoms in total. The fourth-order valence-electron chi connectivity index (χ4n) is 4.96. The molecule has 5 heterocycles. The van der Waals surface area contributed by atoms with Crippen molar-refractivity contribution in [1.29, 1.82) is 0 Å². The van der Waals surface area contributed by atoms with Crippen molar-refractivity contribution < 1.29 is 9.59 Å². The normalized spacial score (nSPS) is 15.1. The maximum absolute atomic E-state index is 12.9. The number of nitrogens with one attached hydrogen (secondary N) is 2. The van der Waals surface area contributed by atoms with E-state index in [1.54, 1.807) is 11.9 Å². The Morgan fingerprint density at radius 2 is 1.79 bits per heavy atom. The number of hydrogen-bond donors (Lipinski definition) is 2. The first-order chi connectivity index (χ1) is 18.4. The van der Waals surface area contributed by atoms with Crippen LogP contribution in [0.4, 0.5) is 11.8 Å². The van der Waals surface area contributed by atoms with E-state index in [2.05, 4.69) is 30.8 Å². The molecule has 0 saturated carbocycles. The summed E-state index contributed by atoms with van der Waals surface area (Å²) >= 11 is 0. The number of fused-ring (bicyclic) bond motifs is 3. The number of amides is 2. The van der Waals surface area contributed by atoms with E-state index >= 15 is 0 Å². The summed E-state index contributed by atoms with van der Waals surface area (Å²) in [6, 6.07) is 7.79. The lowest BCUT2D eigenvalue weighted by molar-refractivity contribution is 0.0735. The fraction of sp³-hybridized carbons (Fsp3) is 0.400. The Kier molecular flexibility index (Phi) is 5.89. The van der Waals surface area contributed by atoms with Crippen LogP contribution < -0.4 is 10.6 Å². The molecule has 2 amide bonds. The van der Waals surface area contributed by atoms with Gasteiger partial charge in [0.1, 0.15) is 11.3 Å². The number of rotatable bonds is 7. The van der Waals surface area contributed by atoms with Crippen LogP contribution in [0, 0.1) is 6.92 Å². The summed E-state index contributed by atoms with van der Waals surface area (Å²) in [5.41, 5.74) is 3.23. The van der Waals surface area contributed by atoms with Crippen molar-refractivity contribution in [2.24, 2.45) is 7.05 Å². The van der Waals surface area contributed by atoms with Gasteiger partial charge in [0.15, 0.2) is 17.3 Å². The van der Waals surface area contributed by atoms with Crippen LogP contribution in [0.15, 0.2) is 24.3 Å². The number of carbonyl (C=O) groups is 2. The Morgan fingerprint density at radius 1 is 0.947 bits per heavy atom. The highest BCUT2D eigenvalue weighted by Crippen LogP contribution is 2.23. The second-order valence-electron chi connectivity index (χ2n) is 9.58. The second-order valence-corrected chi connectivity index (χ2v) is 9.58. The Hall–Kier alpha value is -4.55. The van der Waals surface area contributed by atoms with Crippen molar-refractivity contribution in [3.05, 3.63) is 52.9 Å². The number of carbonyl (C=O) groups excluding carboxylic acids is 2. The minimum absolute atomic E-state index is 0.0570. The SMILES string of the molecule is Cc1nc2nc(NCc3nnc4n3CCN(C)C4=O)nc(NCCN3CCc4ccccc4C3=O)c2n1C. The summed E-state index contributed by atoms with van der Waals surface area (Å²) in [5.74, 6) is 2.72. The number of aryl methyl sites for hydroxylation is 2. The first-order valence-electron chi connectivity index (χ1n) is 12.6. The molecule has 1 aromatic carbocycles. The summed E-state index contributed by atoms with van der Waals surface area (Å²) in [7, 11) is 3.68. The van der Waals surface area contributed by atoms with E-state index in [4.69, 9.17) is 4.98 Å².